The predicted octanol–water partition coefficient (Wildman–Crippen LogP) is 2.82. The molecular formula is C14H19F2N3O5. The van der Waals surface area contributed by atoms with Crippen molar-refractivity contribution in [3.05, 3.63) is 28.3 Å². The minimum Gasteiger partial charge on any atom is -0.433 e. The average Bonchev–Trinajstić information content (AvgIpc) is 2.52. The number of nitro groups is 1. The predicted molar refractivity (Wildman–Crippen MR) is 82.3 cm³/mol. The van der Waals surface area contributed by atoms with Crippen molar-refractivity contribution in [1.29, 1.82) is 0 Å². The molecule has 0 aliphatic rings. The second-order valence-corrected chi connectivity index (χ2v) is 4.81. The molecule has 10 heteroatoms. The lowest BCUT2D eigenvalue weighted by Crippen LogP contribution is -2.37. The summed E-state index contributed by atoms with van der Waals surface area (Å²) in [5.74, 6) is -0.386. The van der Waals surface area contributed by atoms with Crippen LogP contribution in [0.2, 0.25) is 0 Å². The Hall–Kier alpha value is -2.49. The number of unbranched alkanes of at least 4 members (excludes halogenated alkanes) is 1. The second-order valence-electron chi connectivity index (χ2n) is 4.81. The lowest BCUT2D eigenvalue weighted by atomic mass is 10.2. The number of urea groups is 1. The summed E-state index contributed by atoms with van der Waals surface area (Å²) in [5, 5.41) is 22.1. The van der Waals surface area contributed by atoms with Gasteiger partial charge in [-0.15, -0.1) is 0 Å². The van der Waals surface area contributed by atoms with Crippen molar-refractivity contribution in [1.82, 2.24) is 4.90 Å². The summed E-state index contributed by atoms with van der Waals surface area (Å²) in [7, 11) is 0. The smallest absolute Gasteiger partial charge is 0.387 e. The zero-order valence-corrected chi connectivity index (χ0v) is 13.1. The van der Waals surface area contributed by atoms with E-state index in [1.807, 2.05) is 6.92 Å². The van der Waals surface area contributed by atoms with Gasteiger partial charge in [0.1, 0.15) is 5.75 Å². The molecule has 1 aromatic carbocycles. The number of aliphatic hydroxyl groups excluding tert-OH is 1. The Morgan fingerprint density at radius 1 is 1.46 bits per heavy atom. The fourth-order valence-electron chi connectivity index (χ4n) is 1.91. The average molecular weight is 347 g/mol. The topological polar surface area (TPSA) is 105 Å². The van der Waals surface area contributed by atoms with Crippen LogP contribution in [-0.2, 0) is 0 Å². The Morgan fingerprint density at radius 3 is 2.71 bits per heavy atom. The quantitative estimate of drug-likeness (QED) is 0.528. The van der Waals surface area contributed by atoms with Gasteiger partial charge in [0, 0.05) is 25.2 Å². The molecule has 0 aromatic heterocycles. The maximum absolute atomic E-state index is 12.4. The number of nitrogens with one attached hydrogen (secondary N) is 1. The summed E-state index contributed by atoms with van der Waals surface area (Å²) in [6, 6.07) is 2.25. The van der Waals surface area contributed by atoms with Crippen molar-refractivity contribution in [2.45, 2.75) is 26.4 Å². The molecule has 0 spiro atoms. The number of amides is 2. The first-order valence-corrected chi connectivity index (χ1v) is 7.29. The Bertz CT molecular complexity index is 571. The lowest BCUT2D eigenvalue weighted by molar-refractivity contribution is -0.384. The van der Waals surface area contributed by atoms with Crippen LogP contribution < -0.4 is 10.1 Å². The van der Waals surface area contributed by atoms with Gasteiger partial charge in [-0.3, -0.25) is 10.1 Å². The number of rotatable bonds is 9. The molecule has 0 saturated heterocycles. The number of ether oxygens (including phenoxy) is 1. The summed E-state index contributed by atoms with van der Waals surface area (Å²) in [6.45, 7) is -1.10. The number of hydrogen-bond acceptors (Lipinski definition) is 5. The molecule has 0 aliphatic carbocycles. The highest BCUT2D eigenvalue weighted by molar-refractivity contribution is 5.91. The van der Waals surface area contributed by atoms with E-state index in [0.29, 0.717) is 13.0 Å². The first kappa shape index (κ1) is 19.6. The molecule has 0 bridgehead atoms. The van der Waals surface area contributed by atoms with Gasteiger partial charge in [0.25, 0.3) is 5.69 Å². The van der Waals surface area contributed by atoms with Crippen LogP contribution in [0.4, 0.5) is 25.0 Å². The number of hydrogen-bond donors (Lipinski definition) is 2. The van der Waals surface area contributed by atoms with Gasteiger partial charge >= 0.3 is 12.6 Å². The van der Waals surface area contributed by atoms with Gasteiger partial charge in [-0.25, -0.2) is 4.79 Å². The van der Waals surface area contributed by atoms with Crippen molar-refractivity contribution in [3.8, 4) is 5.75 Å². The summed E-state index contributed by atoms with van der Waals surface area (Å²) < 4.78 is 29.1. The van der Waals surface area contributed by atoms with Crippen LogP contribution in [0.3, 0.4) is 0 Å². The third-order valence-electron chi connectivity index (χ3n) is 3.07. The fourth-order valence-corrected chi connectivity index (χ4v) is 1.91. The Labute approximate surface area is 137 Å². The molecule has 0 fully saturated rings. The van der Waals surface area contributed by atoms with Crippen LogP contribution in [0, 0.1) is 10.1 Å². The van der Waals surface area contributed by atoms with Crippen molar-refractivity contribution >= 4 is 17.4 Å². The number of halogens is 2. The van der Waals surface area contributed by atoms with Gasteiger partial charge < -0.3 is 20.1 Å². The Balaban J connectivity index is 3.01. The molecule has 134 valence electrons. The van der Waals surface area contributed by atoms with Gasteiger partial charge in [0.2, 0.25) is 0 Å². The summed E-state index contributed by atoms with van der Waals surface area (Å²) in [5.41, 5.74) is -0.622. The second kappa shape index (κ2) is 9.60. The largest absolute Gasteiger partial charge is 0.433 e. The van der Waals surface area contributed by atoms with Crippen LogP contribution in [0.5, 0.6) is 5.75 Å². The number of carbonyl (C=O) groups is 1. The van der Waals surface area contributed by atoms with Gasteiger partial charge in [0.05, 0.1) is 17.2 Å². The zero-order valence-electron chi connectivity index (χ0n) is 13.1. The van der Waals surface area contributed by atoms with E-state index in [2.05, 4.69) is 10.1 Å². The van der Waals surface area contributed by atoms with Crippen molar-refractivity contribution in [2.24, 2.45) is 0 Å². The van der Waals surface area contributed by atoms with Crippen molar-refractivity contribution in [2.75, 3.05) is 25.0 Å². The maximum atomic E-state index is 12.4. The summed E-state index contributed by atoms with van der Waals surface area (Å²) >= 11 is 0. The minimum absolute atomic E-state index is 0.0474. The number of anilines is 1. The van der Waals surface area contributed by atoms with Gasteiger partial charge in [0.15, 0.2) is 0 Å². The fraction of sp³-hybridized carbons (Fsp3) is 0.500. The highest BCUT2D eigenvalue weighted by Crippen LogP contribution is 2.30. The number of carbonyl (C=O) groups excluding carboxylic acids is 1. The third kappa shape index (κ3) is 5.95. The summed E-state index contributed by atoms with van der Waals surface area (Å²) in [6.07, 6.45) is 1.49. The molecule has 0 unspecified atom stereocenters. The van der Waals surface area contributed by atoms with Crippen molar-refractivity contribution in [3.63, 3.8) is 0 Å². The van der Waals surface area contributed by atoms with E-state index < -0.39 is 17.6 Å². The van der Waals surface area contributed by atoms with E-state index in [0.717, 1.165) is 24.6 Å². The van der Waals surface area contributed by atoms with Gasteiger partial charge in [-0.05, 0) is 12.5 Å². The molecule has 1 rings (SSSR count). The van der Waals surface area contributed by atoms with E-state index in [4.69, 9.17) is 5.11 Å². The molecule has 2 N–H and O–H groups in total. The monoisotopic (exact) mass is 347 g/mol. The number of nitro benzene ring substituents is 1. The molecule has 1 aromatic rings. The van der Waals surface area contributed by atoms with Gasteiger partial charge in [-0.2, -0.15) is 8.78 Å². The number of alkyl halides is 2. The van der Waals surface area contributed by atoms with Gasteiger partial charge in [-0.1, -0.05) is 13.3 Å². The van der Waals surface area contributed by atoms with E-state index in [-0.39, 0.29) is 30.3 Å². The van der Waals surface area contributed by atoms with E-state index in [1.54, 1.807) is 0 Å². The number of benzene rings is 1. The minimum atomic E-state index is -3.14. The normalized spacial score (nSPS) is 10.5. The van der Waals surface area contributed by atoms with Crippen LogP contribution in [0.1, 0.15) is 19.8 Å². The van der Waals surface area contributed by atoms with Crippen LogP contribution >= 0.6 is 0 Å². The highest BCUT2D eigenvalue weighted by atomic mass is 19.3. The Kier molecular flexibility index (Phi) is 7.83. The third-order valence-corrected chi connectivity index (χ3v) is 3.07. The standard InChI is InChI=1S/C14H19F2N3O5/c1-2-3-6-18(7-8-20)14(21)17-11-9-10(19(22)23)4-5-12(11)24-13(15)16/h4-5,9,13,20H,2-3,6-8H2,1H3,(H,17,21). The zero-order chi connectivity index (χ0) is 18.1. The maximum Gasteiger partial charge on any atom is 0.387 e. The first-order chi connectivity index (χ1) is 11.4. The molecule has 0 heterocycles. The Morgan fingerprint density at radius 2 is 2.17 bits per heavy atom. The highest BCUT2D eigenvalue weighted by Gasteiger charge is 2.19. The molecule has 2 amide bonds. The molecular weight excluding hydrogens is 328 g/mol. The van der Waals surface area contributed by atoms with E-state index in [1.165, 1.54) is 4.90 Å². The molecule has 8 nitrogen and oxygen atoms in total. The molecule has 24 heavy (non-hydrogen) atoms. The number of aliphatic hydroxyl groups is 1. The van der Waals surface area contributed by atoms with Crippen LogP contribution in [0.25, 0.3) is 0 Å². The molecule has 0 radical (unpaired) electrons. The van der Waals surface area contributed by atoms with Crippen molar-refractivity contribution < 1.29 is 28.3 Å². The van der Waals surface area contributed by atoms with Crippen LogP contribution in [0.15, 0.2) is 18.2 Å². The molecule has 0 atom stereocenters. The molecule has 0 aliphatic heterocycles. The number of nitrogens with zero attached hydrogens (tertiary/aromatic N) is 2. The first-order valence-electron chi connectivity index (χ1n) is 7.29. The van der Waals surface area contributed by atoms with E-state index in [9.17, 15) is 23.7 Å². The lowest BCUT2D eigenvalue weighted by Gasteiger charge is -2.22. The summed E-state index contributed by atoms with van der Waals surface area (Å²) in [4.78, 5) is 23.6. The van der Waals surface area contributed by atoms with E-state index >= 15 is 0 Å². The number of non-ortho nitro benzene ring substituents is 1. The van der Waals surface area contributed by atoms with Crippen LogP contribution in [-0.4, -0.2) is 47.3 Å². The molecule has 0 saturated carbocycles. The SMILES string of the molecule is CCCCN(CCO)C(=O)Nc1cc([N+](=O)[O-])ccc1OC(F)F.